The van der Waals surface area contributed by atoms with Crippen LogP contribution in [0, 0.1) is 5.41 Å². The molecule has 1 aliphatic carbocycles. The predicted octanol–water partition coefficient (Wildman–Crippen LogP) is 0.982. The summed E-state index contributed by atoms with van der Waals surface area (Å²) in [6.45, 7) is 3.54. The Kier molecular flexibility index (Phi) is 3.74. The molecule has 0 amide bonds. The summed E-state index contributed by atoms with van der Waals surface area (Å²) in [6, 6.07) is 4.98. The van der Waals surface area contributed by atoms with E-state index in [0.29, 0.717) is 12.2 Å². The van der Waals surface area contributed by atoms with Crippen molar-refractivity contribution in [1.82, 2.24) is 4.90 Å². The summed E-state index contributed by atoms with van der Waals surface area (Å²) in [5.41, 5.74) is -1.82. The highest BCUT2D eigenvalue weighted by Crippen LogP contribution is 2.66. The Balaban J connectivity index is 1.86. The van der Waals surface area contributed by atoms with Crippen molar-refractivity contribution in [3.8, 4) is 5.75 Å². The Morgan fingerprint density at radius 1 is 1.34 bits per heavy atom. The minimum Gasteiger partial charge on any atom is -0.497 e. The van der Waals surface area contributed by atoms with E-state index in [-0.39, 0.29) is 6.04 Å². The number of nitrogens with zero attached hydrogens (tertiary/aromatic N) is 2. The second kappa shape index (κ2) is 5.74. The van der Waals surface area contributed by atoms with Crippen LogP contribution in [0.5, 0.6) is 5.75 Å². The molecular formula is C22H28N2O5. The molecule has 6 atom stereocenters. The normalized spacial score (nSPS) is 42.4. The maximum absolute atomic E-state index is 12.6. The van der Waals surface area contributed by atoms with Crippen LogP contribution in [0.25, 0.3) is 0 Å². The molecule has 3 aliphatic heterocycles. The Morgan fingerprint density at radius 3 is 2.76 bits per heavy atom. The molecule has 1 spiro atoms. The highest BCUT2D eigenvalue weighted by atomic mass is 16.5. The average Bonchev–Trinajstić information content (AvgIpc) is 3.23. The summed E-state index contributed by atoms with van der Waals surface area (Å²) in [4.78, 5) is 16.8. The van der Waals surface area contributed by atoms with Gasteiger partial charge in [0.05, 0.1) is 13.2 Å². The lowest BCUT2D eigenvalue weighted by atomic mass is 9.48. The lowest BCUT2D eigenvalue weighted by Gasteiger charge is -2.62. The number of methoxy groups -OCH3 is 1. The number of fused-ring (bicyclic) bond motifs is 1. The van der Waals surface area contributed by atoms with Crippen molar-refractivity contribution in [1.29, 1.82) is 0 Å². The number of carboxylic acid groups (broad SMARTS) is 1. The van der Waals surface area contributed by atoms with Crippen LogP contribution in [0.3, 0.4) is 0 Å². The zero-order valence-electron chi connectivity index (χ0n) is 17.0. The fraction of sp³-hybridized carbons (Fsp3) is 0.591. The van der Waals surface area contributed by atoms with E-state index in [9.17, 15) is 20.1 Å². The Bertz CT molecular complexity index is 918. The van der Waals surface area contributed by atoms with Crippen LogP contribution in [0.1, 0.15) is 25.3 Å². The van der Waals surface area contributed by atoms with Crippen molar-refractivity contribution in [2.45, 2.75) is 49.0 Å². The molecule has 7 heteroatoms. The van der Waals surface area contributed by atoms with E-state index in [4.69, 9.17) is 4.74 Å². The molecule has 0 radical (unpaired) electrons. The van der Waals surface area contributed by atoms with E-state index < -0.39 is 34.5 Å². The van der Waals surface area contributed by atoms with Crippen LogP contribution >= 0.6 is 0 Å². The standard InChI is InChI=1S/C22H28N2O5/c1-4-20-8-5-10-24-11-9-21(16(20)24)14-7-6-13(29-3)12-15(14)23(2)17(21)22(28,18(20)25)19(26)27/h5-8,12,16-18,25,28H,4,9-11H2,1-3H3,(H,26,27). The first kappa shape index (κ1) is 18.9. The number of carbonyl (C=O) groups is 1. The molecule has 1 saturated heterocycles. The zero-order valence-corrected chi connectivity index (χ0v) is 17.0. The molecule has 0 aromatic heterocycles. The molecule has 6 unspecified atom stereocenters. The fourth-order valence-corrected chi connectivity index (χ4v) is 7.19. The minimum atomic E-state index is -2.30. The molecule has 7 nitrogen and oxygen atoms in total. The minimum absolute atomic E-state index is 0.0817. The fourth-order valence-electron chi connectivity index (χ4n) is 7.19. The lowest BCUT2D eigenvalue weighted by Crippen LogP contribution is -2.80. The largest absolute Gasteiger partial charge is 0.497 e. The smallest absolute Gasteiger partial charge is 0.340 e. The molecule has 5 rings (SSSR count). The first-order valence-corrected chi connectivity index (χ1v) is 10.3. The number of carboxylic acids is 1. The second-order valence-electron chi connectivity index (χ2n) is 8.99. The summed E-state index contributed by atoms with van der Waals surface area (Å²) in [6.07, 6.45) is 3.84. The number of hydrogen-bond acceptors (Lipinski definition) is 6. The number of aliphatic hydroxyl groups excluding tert-OH is 1. The third kappa shape index (κ3) is 1.87. The van der Waals surface area contributed by atoms with Crippen LogP contribution in [0.15, 0.2) is 30.4 Å². The lowest BCUT2D eigenvalue weighted by molar-refractivity contribution is -0.215. The van der Waals surface area contributed by atoms with Crippen LogP contribution in [-0.2, 0) is 10.2 Å². The maximum atomic E-state index is 12.6. The number of likely N-dealkylation sites (N-methyl/N-ethyl adjacent to an activating group) is 1. The molecule has 1 saturated carbocycles. The van der Waals surface area contributed by atoms with Gasteiger partial charge in [0.25, 0.3) is 0 Å². The highest BCUT2D eigenvalue weighted by molar-refractivity contribution is 5.84. The van der Waals surface area contributed by atoms with Crippen LogP contribution in [0.2, 0.25) is 0 Å². The second-order valence-corrected chi connectivity index (χ2v) is 8.99. The average molecular weight is 400 g/mol. The SMILES string of the molecule is CCC12C=CCN3CCC4(c5ccc(OC)cc5N(C)C4C(O)(C(=O)O)C1O)C32. The van der Waals surface area contributed by atoms with Crippen molar-refractivity contribution in [3.63, 3.8) is 0 Å². The van der Waals surface area contributed by atoms with E-state index in [2.05, 4.69) is 4.90 Å². The van der Waals surface area contributed by atoms with Gasteiger partial charge in [0.15, 0.2) is 0 Å². The summed E-state index contributed by atoms with van der Waals surface area (Å²) in [7, 11) is 3.42. The number of aliphatic carboxylic acids is 1. The van der Waals surface area contributed by atoms with Crippen molar-refractivity contribution >= 4 is 11.7 Å². The molecular weight excluding hydrogens is 372 g/mol. The van der Waals surface area contributed by atoms with Gasteiger partial charge in [-0.25, -0.2) is 4.79 Å². The topological polar surface area (TPSA) is 93.5 Å². The molecule has 156 valence electrons. The number of aliphatic hydroxyl groups is 2. The molecule has 4 aliphatic rings. The summed E-state index contributed by atoms with van der Waals surface area (Å²) < 4.78 is 5.41. The van der Waals surface area contributed by atoms with Gasteiger partial charge in [0, 0.05) is 42.2 Å². The van der Waals surface area contributed by atoms with Gasteiger partial charge in [-0.05, 0) is 31.0 Å². The van der Waals surface area contributed by atoms with Crippen LogP contribution in [0.4, 0.5) is 5.69 Å². The van der Waals surface area contributed by atoms with Gasteiger partial charge in [-0.1, -0.05) is 25.1 Å². The Labute approximate surface area is 170 Å². The Morgan fingerprint density at radius 2 is 2.10 bits per heavy atom. The maximum Gasteiger partial charge on any atom is 0.340 e. The molecule has 1 aromatic rings. The summed E-state index contributed by atoms with van der Waals surface area (Å²) in [5, 5.41) is 33.5. The predicted molar refractivity (Wildman–Crippen MR) is 107 cm³/mol. The third-order valence-electron chi connectivity index (χ3n) is 8.20. The van der Waals surface area contributed by atoms with Gasteiger partial charge in [0.1, 0.15) is 11.9 Å². The van der Waals surface area contributed by atoms with E-state index in [1.807, 2.05) is 49.2 Å². The van der Waals surface area contributed by atoms with E-state index in [1.54, 1.807) is 7.11 Å². The zero-order chi connectivity index (χ0) is 20.8. The highest BCUT2D eigenvalue weighted by Gasteiger charge is 2.78. The van der Waals surface area contributed by atoms with Crippen molar-refractivity contribution in [2.75, 3.05) is 32.1 Å². The molecule has 3 N–H and O–H groups in total. The number of benzene rings is 1. The number of anilines is 1. The van der Waals surface area contributed by atoms with Crippen molar-refractivity contribution < 1.29 is 24.9 Å². The van der Waals surface area contributed by atoms with Gasteiger partial charge in [-0.2, -0.15) is 0 Å². The summed E-state index contributed by atoms with van der Waals surface area (Å²) >= 11 is 0. The van der Waals surface area contributed by atoms with E-state index in [0.717, 1.165) is 30.8 Å². The van der Waals surface area contributed by atoms with Gasteiger partial charge < -0.3 is 25.0 Å². The first-order valence-electron chi connectivity index (χ1n) is 10.3. The quantitative estimate of drug-likeness (QED) is 0.652. The molecule has 1 aromatic carbocycles. The summed E-state index contributed by atoms with van der Waals surface area (Å²) in [5.74, 6) is -0.685. The molecule has 0 bridgehead atoms. The first-order chi connectivity index (χ1) is 13.8. The van der Waals surface area contributed by atoms with Gasteiger partial charge in [0.2, 0.25) is 5.60 Å². The number of rotatable bonds is 3. The third-order valence-corrected chi connectivity index (χ3v) is 8.20. The Hall–Kier alpha value is -2.09. The molecule has 29 heavy (non-hydrogen) atoms. The monoisotopic (exact) mass is 400 g/mol. The molecule has 3 heterocycles. The van der Waals surface area contributed by atoms with E-state index >= 15 is 0 Å². The van der Waals surface area contributed by atoms with Gasteiger partial charge >= 0.3 is 5.97 Å². The van der Waals surface area contributed by atoms with Crippen LogP contribution < -0.4 is 9.64 Å². The van der Waals surface area contributed by atoms with E-state index in [1.165, 1.54) is 0 Å². The van der Waals surface area contributed by atoms with Crippen LogP contribution in [-0.4, -0.2) is 77.2 Å². The van der Waals surface area contributed by atoms with Crippen molar-refractivity contribution in [3.05, 3.63) is 35.9 Å². The van der Waals surface area contributed by atoms with Gasteiger partial charge in [-0.3, -0.25) is 4.90 Å². The molecule has 2 fully saturated rings. The number of hydrogen-bond donors (Lipinski definition) is 3. The van der Waals surface area contributed by atoms with Gasteiger partial charge in [-0.15, -0.1) is 0 Å². The van der Waals surface area contributed by atoms with Crippen molar-refractivity contribution in [2.24, 2.45) is 5.41 Å². The number of ether oxygens (including phenoxy) is 1.